The summed E-state index contributed by atoms with van der Waals surface area (Å²) in [4.78, 5) is 2.42. The molecule has 1 aliphatic rings. The van der Waals surface area contributed by atoms with Crippen molar-refractivity contribution < 1.29 is 9.47 Å². The zero-order chi connectivity index (χ0) is 13.0. The molecule has 0 amide bonds. The van der Waals surface area contributed by atoms with Crippen LogP contribution in [0.25, 0.3) is 0 Å². The highest BCUT2D eigenvalue weighted by Crippen LogP contribution is 2.26. The number of rotatable bonds is 5. The molecule has 4 heteroatoms. The molecule has 18 heavy (non-hydrogen) atoms. The third-order valence-electron chi connectivity index (χ3n) is 3.29. The topological polar surface area (TPSA) is 21.7 Å². The molecule has 0 unspecified atom stereocenters. The van der Waals surface area contributed by atoms with Gasteiger partial charge in [-0.1, -0.05) is 22.0 Å². The van der Waals surface area contributed by atoms with Crippen molar-refractivity contribution in [3.63, 3.8) is 0 Å². The zero-order valence-corrected chi connectivity index (χ0v) is 12.6. The first-order valence-electron chi connectivity index (χ1n) is 6.39. The Labute approximate surface area is 117 Å². The van der Waals surface area contributed by atoms with Crippen LogP contribution in [-0.2, 0) is 11.3 Å². The summed E-state index contributed by atoms with van der Waals surface area (Å²) >= 11 is 3.49. The molecule has 1 aromatic carbocycles. The van der Waals surface area contributed by atoms with Crippen LogP contribution in [0.2, 0.25) is 0 Å². The van der Waals surface area contributed by atoms with E-state index in [1.54, 1.807) is 7.11 Å². The Bertz CT molecular complexity index is 397. The summed E-state index contributed by atoms with van der Waals surface area (Å²) in [7, 11) is 1.79. The van der Waals surface area contributed by atoms with Crippen LogP contribution in [0.3, 0.4) is 0 Å². The van der Waals surface area contributed by atoms with Crippen molar-refractivity contribution in [2.45, 2.75) is 26.0 Å². The molecular formula is C14H20BrNO2. The van der Waals surface area contributed by atoms with Gasteiger partial charge in [0.1, 0.15) is 5.75 Å². The molecule has 1 atom stereocenters. The highest BCUT2D eigenvalue weighted by atomic mass is 79.9. The van der Waals surface area contributed by atoms with E-state index in [-0.39, 0.29) is 0 Å². The molecule has 0 N–H and O–H groups in total. The number of likely N-dealkylation sites (tertiary alicyclic amines) is 1. The third-order valence-corrected chi connectivity index (χ3v) is 3.78. The standard InChI is InChI=1S/C14H20BrNO2/c1-3-18-14-8-12(15)5-4-11(14)9-16-7-6-13(10-16)17-2/h4-5,8,13H,3,6-7,9-10H2,1-2H3/t13-/m0/s1. The Morgan fingerprint density at radius 1 is 1.44 bits per heavy atom. The first kappa shape index (κ1) is 13.8. The van der Waals surface area contributed by atoms with E-state index in [0.717, 1.165) is 36.3 Å². The number of halogens is 1. The molecule has 1 fully saturated rings. The van der Waals surface area contributed by atoms with Crippen molar-refractivity contribution in [3.8, 4) is 5.75 Å². The van der Waals surface area contributed by atoms with Crippen molar-refractivity contribution in [1.82, 2.24) is 4.90 Å². The van der Waals surface area contributed by atoms with Gasteiger partial charge in [-0.05, 0) is 25.5 Å². The SMILES string of the molecule is CCOc1cc(Br)ccc1CN1CC[C@H](OC)C1. The second-order valence-corrected chi connectivity index (χ2v) is 5.48. The molecule has 0 aliphatic carbocycles. The number of methoxy groups -OCH3 is 1. The van der Waals surface area contributed by atoms with E-state index >= 15 is 0 Å². The predicted molar refractivity (Wildman–Crippen MR) is 76.0 cm³/mol. The van der Waals surface area contributed by atoms with Crippen LogP contribution < -0.4 is 4.74 Å². The lowest BCUT2D eigenvalue weighted by atomic mass is 10.2. The van der Waals surface area contributed by atoms with Crippen molar-refractivity contribution in [2.75, 3.05) is 26.8 Å². The van der Waals surface area contributed by atoms with E-state index in [4.69, 9.17) is 9.47 Å². The zero-order valence-electron chi connectivity index (χ0n) is 11.0. The van der Waals surface area contributed by atoms with E-state index in [1.807, 2.05) is 13.0 Å². The maximum absolute atomic E-state index is 5.69. The molecule has 3 nitrogen and oxygen atoms in total. The lowest BCUT2D eigenvalue weighted by Crippen LogP contribution is -2.22. The van der Waals surface area contributed by atoms with Gasteiger partial charge in [0, 0.05) is 36.8 Å². The fraction of sp³-hybridized carbons (Fsp3) is 0.571. The summed E-state index contributed by atoms with van der Waals surface area (Å²) in [6.45, 7) is 5.76. The fourth-order valence-corrected chi connectivity index (χ4v) is 2.66. The summed E-state index contributed by atoms with van der Waals surface area (Å²) in [5.74, 6) is 0.979. The van der Waals surface area contributed by atoms with E-state index < -0.39 is 0 Å². The quantitative estimate of drug-likeness (QED) is 0.834. The highest BCUT2D eigenvalue weighted by molar-refractivity contribution is 9.10. The smallest absolute Gasteiger partial charge is 0.124 e. The number of hydrogen-bond donors (Lipinski definition) is 0. The minimum Gasteiger partial charge on any atom is -0.494 e. The van der Waals surface area contributed by atoms with Crippen LogP contribution in [0.5, 0.6) is 5.75 Å². The number of hydrogen-bond acceptors (Lipinski definition) is 3. The van der Waals surface area contributed by atoms with Gasteiger partial charge in [-0.15, -0.1) is 0 Å². The van der Waals surface area contributed by atoms with Crippen molar-refractivity contribution >= 4 is 15.9 Å². The van der Waals surface area contributed by atoms with Gasteiger partial charge in [-0.3, -0.25) is 4.90 Å². The Morgan fingerprint density at radius 3 is 2.94 bits per heavy atom. The molecule has 100 valence electrons. The molecule has 1 aromatic rings. The van der Waals surface area contributed by atoms with Crippen molar-refractivity contribution in [2.24, 2.45) is 0 Å². The Hall–Kier alpha value is -0.580. The molecule has 0 bridgehead atoms. The summed E-state index contributed by atoms with van der Waals surface area (Å²) in [5, 5.41) is 0. The Morgan fingerprint density at radius 2 is 2.28 bits per heavy atom. The van der Waals surface area contributed by atoms with Crippen LogP contribution in [0.4, 0.5) is 0 Å². The monoisotopic (exact) mass is 313 g/mol. The van der Waals surface area contributed by atoms with E-state index in [0.29, 0.717) is 12.7 Å². The Balaban J connectivity index is 2.04. The van der Waals surface area contributed by atoms with E-state index in [9.17, 15) is 0 Å². The van der Waals surface area contributed by atoms with Crippen LogP contribution in [0.15, 0.2) is 22.7 Å². The molecule has 0 aromatic heterocycles. The summed E-state index contributed by atoms with van der Waals surface area (Å²) in [6.07, 6.45) is 1.51. The maximum atomic E-state index is 5.69. The average molecular weight is 314 g/mol. The third kappa shape index (κ3) is 3.46. The molecule has 2 rings (SSSR count). The van der Waals surface area contributed by atoms with Gasteiger partial charge in [-0.2, -0.15) is 0 Å². The van der Waals surface area contributed by atoms with Crippen molar-refractivity contribution in [3.05, 3.63) is 28.2 Å². The Kier molecular flexibility index (Phi) is 5.03. The van der Waals surface area contributed by atoms with Gasteiger partial charge < -0.3 is 9.47 Å². The minimum absolute atomic E-state index is 0.385. The first-order chi connectivity index (χ1) is 8.72. The summed E-state index contributed by atoms with van der Waals surface area (Å²) in [6, 6.07) is 6.25. The lowest BCUT2D eigenvalue weighted by Gasteiger charge is -2.18. The maximum Gasteiger partial charge on any atom is 0.124 e. The second kappa shape index (κ2) is 6.55. The highest BCUT2D eigenvalue weighted by Gasteiger charge is 2.22. The summed E-state index contributed by atoms with van der Waals surface area (Å²) < 4.78 is 12.1. The largest absolute Gasteiger partial charge is 0.494 e. The van der Waals surface area contributed by atoms with E-state index in [1.165, 1.54) is 5.56 Å². The molecule has 1 heterocycles. The number of ether oxygens (including phenoxy) is 2. The van der Waals surface area contributed by atoms with Gasteiger partial charge >= 0.3 is 0 Å². The number of benzene rings is 1. The van der Waals surface area contributed by atoms with Crippen LogP contribution >= 0.6 is 15.9 Å². The average Bonchev–Trinajstić information content (AvgIpc) is 2.81. The van der Waals surface area contributed by atoms with Crippen LogP contribution in [0, 0.1) is 0 Å². The van der Waals surface area contributed by atoms with Crippen LogP contribution in [0.1, 0.15) is 18.9 Å². The normalized spacial score (nSPS) is 20.3. The fourth-order valence-electron chi connectivity index (χ4n) is 2.32. The predicted octanol–water partition coefficient (Wildman–Crippen LogP) is 3.07. The number of nitrogens with zero attached hydrogens (tertiary/aromatic N) is 1. The second-order valence-electron chi connectivity index (χ2n) is 4.57. The molecule has 1 aliphatic heterocycles. The molecule has 0 saturated carbocycles. The molecule has 1 saturated heterocycles. The van der Waals surface area contributed by atoms with Gasteiger partial charge in [0.15, 0.2) is 0 Å². The first-order valence-corrected chi connectivity index (χ1v) is 7.18. The molecule has 0 spiro atoms. The molecule has 0 radical (unpaired) electrons. The van der Waals surface area contributed by atoms with Gasteiger partial charge in [-0.25, -0.2) is 0 Å². The van der Waals surface area contributed by atoms with Gasteiger partial charge in [0.25, 0.3) is 0 Å². The molecular weight excluding hydrogens is 294 g/mol. The van der Waals surface area contributed by atoms with Crippen LogP contribution in [-0.4, -0.2) is 37.8 Å². The summed E-state index contributed by atoms with van der Waals surface area (Å²) in [5.41, 5.74) is 1.25. The minimum atomic E-state index is 0.385. The van der Waals surface area contributed by atoms with Gasteiger partial charge in [0.2, 0.25) is 0 Å². The van der Waals surface area contributed by atoms with E-state index in [2.05, 4.69) is 33.0 Å². The van der Waals surface area contributed by atoms with Gasteiger partial charge in [0.05, 0.1) is 12.7 Å². The van der Waals surface area contributed by atoms with Crippen molar-refractivity contribution in [1.29, 1.82) is 0 Å². The lowest BCUT2D eigenvalue weighted by molar-refractivity contribution is 0.107.